The van der Waals surface area contributed by atoms with Crippen molar-refractivity contribution in [3.05, 3.63) is 59.7 Å². The van der Waals surface area contributed by atoms with E-state index in [9.17, 15) is 0 Å². The van der Waals surface area contributed by atoms with E-state index in [0.29, 0.717) is 0 Å². The van der Waals surface area contributed by atoms with Gasteiger partial charge < -0.3 is 20.8 Å². The number of carboxylic acid groups (broad SMARTS) is 2. The molecule has 3 aromatic rings. The maximum atomic E-state index is 9.10. The number of aromatic nitrogens is 1. The Morgan fingerprint density at radius 1 is 1.07 bits per heavy atom. The Labute approximate surface area is 155 Å². The van der Waals surface area contributed by atoms with Crippen molar-refractivity contribution in [2.75, 3.05) is 17.2 Å². The van der Waals surface area contributed by atoms with Crippen LogP contribution in [0.5, 0.6) is 0 Å². The molecule has 0 aliphatic carbocycles. The van der Waals surface area contributed by atoms with Gasteiger partial charge in [0.25, 0.3) is 0 Å². The van der Waals surface area contributed by atoms with Crippen molar-refractivity contribution < 1.29 is 19.8 Å². The molecule has 0 spiro atoms. The minimum absolute atomic E-state index is 0.886. The monoisotopic (exact) mass is 365 g/mol. The van der Waals surface area contributed by atoms with E-state index in [-0.39, 0.29) is 0 Å². The molecule has 2 aromatic carbocycles. The SMILES string of the molecule is Cc1ccc2nc3c(c(N)c2c1)CCN3c1ccccc1.O=C(O)C(=O)O. The van der Waals surface area contributed by atoms with Crippen LogP contribution in [0, 0.1) is 6.92 Å². The number of carbonyl (C=O) groups is 2. The van der Waals surface area contributed by atoms with Gasteiger partial charge in [-0.3, -0.25) is 0 Å². The van der Waals surface area contributed by atoms with Gasteiger partial charge in [-0.1, -0.05) is 29.8 Å². The van der Waals surface area contributed by atoms with Crippen LogP contribution in [-0.2, 0) is 16.0 Å². The predicted molar refractivity (Wildman–Crippen MR) is 103 cm³/mol. The number of anilines is 3. The summed E-state index contributed by atoms with van der Waals surface area (Å²) in [5, 5.41) is 15.9. The molecule has 7 heteroatoms. The lowest BCUT2D eigenvalue weighted by Gasteiger charge is -2.19. The van der Waals surface area contributed by atoms with E-state index in [1.807, 2.05) is 6.07 Å². The van der Waals surface area contributed by atoms with Gasteiger partial charge in [-0.2, -0.15) is 0 Å². The van der Waals surface area contributed by atoms with Crippen LogP contribution in [0.1, 0.15) is 11.1 Å². The average Bonchev–Trinajstić information content (AvgIpc) is 3.08. The number of carboxylic acids is 2. The Morgan fingerprint density at radius 3 is 2.37 bits per heavy atom. The highest BCUT2D eigenvalue weighted by atomic mass is 16.4. The Hall–Kier alpha value is -3.61. The summed E-state index contributed by atoms with van der Waals surface area (Å²) in [5.74, 6) is -2.64. The van der Waals surface area contributed by atoms with Crippen molar-refractivity contribution in [3.8, 4) is 0 Å². The van der Waals surface area contributed by atoms with E-state index in [1.54, 1.807) is 0 Å². The van der Waals surface area contributed by atoms with Crippen LogP contribution in [0.15, 0.2) is 48.5 Å². The fourth-order valence-corrected chi connectivity index (χ4v) is 3.09. The number of aryl methyl sites for hydroxylation is 1. The lowest BCUT2D eigenvalue weighted by Crippen LogP contribution is -2.14. The second-order valence-electron chi connectivity index (χ2n) is 6.20. The summed E-state index contributed by atoms with van der Waals surface area (Å²) in [6.07, 6.45) is 0.951. The molecule has 0 saturated heterocycles. The molecule has 1 aromatic heterocycles. The van der Waals surface area contributed by atoms with Gasteiger partial charge in [0.05, 0.1) is 5.52 Å². The molecule has 4 rings (SSSR count). The van der Waals surface area contributed by atoms with Crippen molar-refractivity contribution in [1.82, 2.24) is 4.98 Å². The molecule has 27 heavy (non-hydrogen) atoms. The van der Waals surface area contributed by atoms with Crippen LogP contribution in [0.3, 0.4) is 0 Å². The highest BCUT2D eigenvalue weighted by molar-refractivity contribution is 6.27. The minimum atomic E-state index is -1.82. The summed E-state index contributed by atoms with van der Waals surface area (Å²) >= 11 is 0. The van der Waals surface area contributed by atoms with Gasteiger partial charge in [-0.05, 0) is 37.6 Å². The Kier molecular flexibility index (Phi) is 4.94. The third-order valence-electron chi connectivity index (χ3n) is 4.36. The number of para-hydroxylation sites is 1. The van der Waals surface area contributed by atoms with Crippen LogP contribution in [0.4, 0.5) is 17.2 Å². The highest BCUT2D eigenvalue weighted by Crippen LogP contribution is 2.39. The molecule has 0 bridgehead atoms. The first kappa shape index (κ1) is 18.2. The van der Waals surface area contributed by atoms with Gasteiger partial charge in [0.1, 0.15) is 5.82 Å². The van der Waals surface area contributed by atoms with Gasteiger partial charge >= 0.3 is 11.9 Å². The van der Waals surface area contributed by atoms with E-state index in [2.05, 4.69) is 54.3 Å². The standard InChI is InChI=1S/C18H17N3.C2H2O4/c1-12-7-8-16-15(11-12)17(19)14-9-10-21(18(14)20-16)13-5-3-2-4-6-13;3-1(4)2(5)6/h2-8,11H,9-10H2,1H3,(H2,19,20);(H,3,4)(H,5,6). The molecule has 7 nitrogen and oxygen atoms in total. The Morgan fingerprint density at radius 2 is 1.74 bits per heavy atom. The second-order valence-corrected chi connectivity index (χ2v) is 6.20. The molecular formula is C20H19N3O4. The predicted octanol–water partition coefficient (Wildman–Crippen LogP) is 2.98. The number of nitrogens with two attached hydrogens (primary N) is 1. The zero-order valence-corrected chi connectivity index (χ0v) is 14.7. The van der Waals surface area contributed by atoms with Crippen LogP contribution < -0.4 is 10.6 Å². The third kappa shape index (κ3) is 3.67. The Bertz CT molecular complexity index is 1010. The molecule has 0 fully saturated rings. The number of aliphatic carboxylic acids is 2. The van der Waals surface area contributed by atoms with Gasteiger partial charge in [0.2, 0.25) is 0 Å². The molecule has 4 N–H and O–H groups in total. The van der Waals surface area contributed by atoms with Crippen LogP contribution in [0.25, 0.3) is 10.9 Å². The lowest BCUT2D eigenvalue weighted by molar-refractivity contribution is -0.159. The zero-order chi connectivity index (χ0) is 19.6. The fourth-order valence-electron chi connectivity index (χ4n) is 3.09. The molecule has 0 atom stereocenters. The van der Waals surface area contributed by atoms with Crippen molar-refractivity contribution >= 4 is 40.0 Å². The lowest BCUT2D eigenvalue weighted by atomic mass is 10.1. The number of hydrogen-bond acceptors (Lipinski definition) is 5. The van der Waals surface area contributed by atoms with E-state index in [0.717, 1.165) is 35.4 Å². The number of hydrogen-bond donors (Lipinski definition) is 3. The van der Waals surface area contributed by atoms with Crippen molar-refractivity contribution in [2.45, 2.75) is 13.3 Å². The summed E-state index contributed by atoms with van der Waals surface area (Å²) in [6, 6.07) is 16.7. The zero-order valence-electron chi connectivity index (χ0n) is 14.7. The van der Waals surface area contributed by atoms with E-state index >= 15 is 0 Å². The molecule has 0 saturated carbocycles. The molecule has 138 valence electrons. The van der Waals surface area contributed by atoms with E-state index < -0.39 is 11.9 Å². The second kappa shape index (κ2) is 7.33. The number of nitrogen functional groups attached to an aromatic ring is 1. The smallest absolute Gasteiger partial charge is 0.414 e. The topological polar surface area (TPSA) is 117 Å². The van der Waals surface area contributed by atoms with Gasteiger partial charge in [-0.25, -0.2) is 14.6 Å². The average molecular weight is 365 g/mol. The summed E-state index contributed by atoms with van der Waals surface area (Å²) in [7, 11) is 0. The molecule has 0 unspecified atom stereocenters. The van der Waals surface area contributed by atoms with Crippen LogP contribution in [0.2, 0.25) is 0 Å². The van der Waals surface area contributed by atoms with Crippen molar-refractivity contribution in [2.24, 2.45) is 0 Å². The maximum Gasteiger partial charge on any atom is 0.414 e. The first-order valence-electron chi connectivity index (χ1n) is 8.36. The van der Waals surface area contributed by atoms with E-state index in [4.69, 9.17) is 30.5 Å². The van der Waals surface area contributed by atoms with Crippen LogP contribution in [-0.4, -0.2) is 33.7 Å². The van der Waals surface area contributed by atoms with Gasteiger partial charge in [0.15, 0.2) is 0 Å². The molecule has 1 aliphatic rings. The molecular weight excluding hydrogens is 346 g/mol. The number of benzene rings is 2. The summed E-state index contributed by atoms with van der Waals surface area (Å²) in [5.41, 5.74) is 11.8. The minimum Gasteiger partial charge on any atom is -0.473 e. The first-order valence-corrected chi connectivity index (χ1v) is 8.36. The van der Waals surface area contributed by atoms with Gasteiger partial charge in [0, 0.05) is 28.9 Å². The third-order valence-corrected chi connectivity index (χ3v) is 4.36. The van der Waals surface area contributed by atoms with E-state index in [1.165, 1.54) is 16.8 Å². The first-order chi connectivity index (χ1) is 12.9. The summed E-state index contributed by atoms with van der Waals surface area (Å²) in [6.45, 7) is 3.02. The largest absolute Gasteiger partial charge is 0.473 e. The number of rotatable bonds is 1. The van der Waals surface area contributed by atoms with Crippen LogP contribution >= 0.6 is 0 Å². The molecule has 0 amide bonds. The quantitative estimate of drug-likeness (QED) is 0.568. The Balaban J connectivity index is 0.000000307. The van der Waals surface area contributed by atoms with Crippen molar-refractivity contribution in [3.63, 3.8) is 0 Å². The molecule has 0 radical (unpaired) electrons. The number of fused-ring (bicyclic) bond motifs is 2. The summed E-state index contributed by atoms with van der Waals surface area (Å²) < 4.78 is 0. The van der Waals surface area contributed by atoms with Gasteiger partial charge in [-0.15, -0.1) is 0 Å². The van der Waals surface area contributed by atoms with Crippen molar-refractivity contribution in [1.29, 1.82) is 0 Å². The number of nitrogens with zero attached hydrogens (tertiary/aromatic N) is 2. The molecule has 1 aliphatic heterocycles. The normalized spacial score (nSPS) is 12.3. The fraction of sp³-hybridized carbons (Fsp3) is 0.150. The maximum absolute atomic E-state index is 9.10. The highest BCUT2D eigenvalue weighted by Gasteiger charge is 2.25. The molecule has 2 heterocycles. The summed E-state index contributed by atoms with van der Waals surface area (Å²) in [4.78, 5) is 25.3. The number of pyridine rings is 1.